The van der Waals surface area contributed by atoms with Gasteiger partial charge in [-0.2, -0.15) is 5.26 Å². The summed E-state index contributed by atoms with van der Waals surface area (Å²) in [5, 5.41) is 11.9. The van der Waals surface area contributed by atoms with Crippen LogP contribution >= 0.6 is 0 Å². The van der Waals surface area contributed by atoms with Crippen LogP contribution in [0.15, 0.2) is 23.1 Å². The maximum atomic E-state index is 12.2. The molecule has 1 atom stereocenters. The third-order valence-electron chi connectivity index (χ3n) is 2.99. The van der Waals surface area contributed by atoms with Crippen molar-refractivity contribution in [3.05, 3.63) is 29.3 Å². The molecule has 5 nitrogen and oxygen atoms in total. The molecule has 2 N–H and O–H groups in total. The Kier molecular flexibility index (Phi) is 3.66. The zero-order chi connectivity index (χ0) is 13.2. The predicted molar refractivity (Wildman–Crippen MR) is 67.5 cm³/mol. The number of aryl methyl sites for hydroxylation is 1. The van der Waals surface area contributed by atoms with E-state index in [-0.39, 0.29) is 10.9 Å². The van der Waals surface area contributed by atoms with E-state index >= 15 is 0 Å². The maximum Gasteiger partial charge on any atom is 0.241 e. The highest BCUT2D eigenvalue weighted by atomic mass is 32.2. The zero-order valence-electron chi connectivity index (χ0n) is 10.1. The lowest BCUT2D eigenvalue weighted by atomic mass is 10.2. The minimum Gasteiger partial charge on any atom is -0.315 e. The van der Waals surface area contributed by atoms with Gasteiger partial charge in [0.1, 0.15) is 0 Å². The van der Waals surface area contributed by atoms with Gasteiger partial charge < -0.3 is 5.32 Å². The van der Waals surface area contributed by atoms with Gasteiger partial charge in [-0.05, 0) is 37.6 Å². The molecule has 1 aromatic rings. The van der Waals surface area contributed by atoms with E-state index in [9.17, 15) is 8.42 Å². The molecule has 0 bridgehead atoms. The van der Waals surface area contributed by atoms with Crippen LogP contribution in [0, 0.1) is 18.3 Å². The fraction of sp³-hybridized carbons (Fsp3) is 0.417. The second-order valence-corrected chi connectivity index (χ2v) is 6.09. The summed E-state index contributed by atoms with van der Waals surface area (Å²) in [7, 11) is -3.55. The molecule has 0 radical (unpaired) electrons. The minimum absolute atomic E-state index is 0.0693. The molecule has 6 heteroatoms. The van der Waals surface area contributed by atoms with E-state index in [0.29, 0.717) is 17.7 Å². The fourth-order valence-electron chi connectivity index (χ4n) is 2.00. The van der Waals surface area contributed by atoms with Gasteiger partial charge in [0, 0.05) is 12.6 Å². The van der Waals surface area contributed by atoms with Crippen molar-refractivity contribution in [2.75, 3.05) is 13.1 Å². The second-order valence-electron chi connectivity index (χ2n) is 4.40. The smallest absolute Gasteiger partial charge is 0.241 e. The molecule has 1 aliphatic heterocycles. The van der Waals surface area contributed by atoms with Gasteiger partial charge in [0.15, 0.2) is 0 Å². The second kappa shape index (κ2) is 5.06. The van der Waals surface area contributed by atoms with Gasteiger partial charge in [0.2, 0.25) is 10.0 Å². The normalized spacial score (nSPS) is 19.7. The van der Waals surface area contributed by atoms with Crippen LogP contribution in [-0.4, -0.2) is 27.5 Å². The van der Waals surface area contributed by atoms with E-state index in [1.54, 1.807) is 19.1 Å². The van der Waals surface area contributed by atoms with Crippen LogP contribution in [0.5, 0.6) is 0 Å². The van der Waals surface area contributed by atoms with Crippen LogP contribution in [-0.2, 0) is 10.0 Å². The van der Waals surface area contributed by atoms with Gasteiger partial charge in [-0.15, -0.1) is 0 Å². The third-order valence-corrected chi connectivity index (χ3v) is 4.65. The number of hydrogen-bond donors (Lipinski definition) is 2. The number of sulfonamides is 1. The molecule has 0 saturated carbocycles. The van der Waals surface area contributed by atoms with Crippen molar-refractivity contribution >= 4 is 10.0 Å². The first-order valence-electron chi connectivity index (χ1n) is 5.77. The molecule has 0 amide bonds. The Morgan fingerprint density at radius 2 is 2.28 bits per heavy atom. The van der Waals surface area contributed by atoms with E-state index in [4.69, 9.17) is 5.26 Å². The lowest BCUT2D eigenvalue weighted by Crippen LogP contribution is -2.36. The molecule has 96 valence electrons. The lowest BCUT2D eigenvalue weighted by molar-refractivity contribution is 0.559. The standard InChI is InChI=1S/C12H15N3O2S/c1-9-2-3-10(7-13)6-12(9)18(16,17)15-11-4-5-14-8-11/h2-3,6,11,14-15H,4-5,8H2,1H3. The van der Waals surface area contributed by atoms with Crippen LogP contribution in [0.1, 0.15) is 17.5 Å². The monoisotopic (exact) mass is 265 g/mol. The van der Waals surface area contributed by atoms with Crippen LogP contribution in [0.2, 0.25) is 0 Å². The number of nitriles is 1. The van der Waals surface area contributed by atoms with Gasteiger partial charge in [0.25, 0.3) is 0 Å². The summed E-state index contributed by atoms with van der Waals surface area (Å²) >= 11 is 0. The maximum absolute atomic E-state index is 12.2. The average Bonchev–Trinajstić information content (AvgIpc) is 2.81. The molecule has 1 heterocycles. The van der Waals surface area contributed by atoms with Crippen LogP contribution in [0.4, 0.5) is 0 Å². The Morgan fingerprint density at radius 1 is 1.50 bits per heavy atom. The summed E-state index contributed by atoms with van der Waals surface area (Å²) in [4.78, 5) is 0.188. The molecule has 0 aliphatic carbocycles. The predicted octanol–water partition coefficient (Wildman–Crippen LogP) is 0.507. The van der Waals surface area contributed by atoms with Crippen LogP contribution in [0.3, 0.4) is 0 Å². The first-order chi connectivity index (χ1) is 8.53. The number of hydrogen-bond acceptors (Lipinski definition) is 4. The quantitative estimate of drug-likeness (QED) is 0.834. The molecule has 0 aromatic heterocycles. The molecule has 1 fully saturated rings. The molecular weight excluding hydrogens is 250 g/mol. The van der Waals surface area contributed by atoms with Crippen molar-refractivity contribution in [2.45, 2.75) is 24.3 Å². The first kappa shape index (κ1) is 13.0. The van der Waals surface area contributed by atoms with E-state index in [0.717, 1.165) is 13.0 Å². The van der Waals surface area contributed by atoms with Crippen molar-refractivity contribution in [3.63, 3.8) is 0 Å². The fourth-order valence-corrected chi connectivity index (χ4v) is 3.54. The Balaban J connectivity index is 2.31. The molecule has 1 saturated heterocycles. The summed E-state index contributed by atoms with van der Waals surface area (Å²) in [5.74, 6) is 0. The Labute approximate surface area is 107 Å². The van der Waals surface area contributed by atoms with Gasteiger partial charge in [-0.1, -0.05) is 6.07 Å². The largest absolute Gasteiger partial charge is 0.315 e. The highest BCUT2D eigenvalue weighted by molar-refractivity contribution is 7.89. The summed E-state index contributed by atoms with van der Waals surface area (Å²) in [6.07, 6.45) is 0.788. The first-order valence-corrected chi connectivity index (χ1v) is 7.25. The highest BCUT2D eigenvalue weighted by Crippen LogP contribution is 2.17. The van der Waals surface area contributed by atoms with E-state index in [1.807, 2.05) is 6.07 Å². The zero-order valence-corrected chi connectivity index (χ0v) is 10.9. The Morgan fingerprint density at radius 3 is 2.89 bits per heavy atom. The minimum atomic E-state index is -3.55. The van der Waals surface area contributed by atoms with Gasteiger partial charge in [0.05, 0.1) is 16.5 Å². The van der Waals surface area contributed by atoms with E-state index in [2.05, 4.69) is 10.0 Å². The van der Waals surface area contributed by atoms with Crippen LogP contribution < -0.4 is 10.0 Å². The third kappa shape index (κ3) is 2.70. The molecule has 18 heavy (non-hydrogen) atoms. The van der Waals surface area contributed by atoms with Crippen LogP contribution in [0.25, 0.3) is 0 Å². The highest BCUT2D eigenvalue weighted by Gasteiger charge is 2.24. The molecule has 1 aliphatic rings. The summed E-state index contributed by atoms with van der Waals surface area (Å²) in [5.41, 5.74) is 0.998. The molecule has 2 rings (SSSR count). The SMILES string of the molecule is Cc1ccc(C#N)cc1S(=O)(=O)NC1CCNC1. The molecule has 1 aromatic carbocycles. The van der Waals surface area contributed by atoms with Gasteiger partial charge in [-0.3, -0.25) is 0 Å². The number of nitrogens with zero attached hydrogens (tertiary/aromatic N) is 1. The lowest BCUT2D eigenvalue weighted by Gasteiger charge is -2.13. The Bertz CT molecular complexity index is 584. The van der Waals surface area contributed by atoms with Crippen molar-refractivity contribution in [3.8, 4) is 6.07 Å². The van der Waals surface area contributed by atoms with E-state index < -0.39 is 10.0 Å². The number of benzene rings is 1. The molecular formula is C12H15N3O2S. The van der Waals surface area contributed by atoms with Crippen molar-refractivity contribution in [1.82, 2.24) is 10.0 Å². The number of nitrogens with one attached hydrogen (secondary N) is 2. The summed E-state index contributed by atoms with van der Waals surface area (Å²) in [6.45, 7) is 3.20. The van der Waals surface area contributed by atoms with Crippen molar-refractivity contribution < 1.29 is 8.42 Å². The molecule has 1 unspecified atom stereocenters. The van der Waals surface area contributed by atoms with E-state index in [1.165, 1.54) is 6.07 Å². The number of rotatable bonds is 3. The van der Waals surface area contributed by atoms with Gasteiger partial charge in [-0.25, -0.2) is 13.1 Å². The molecule has 0 spiro atoms. The van der Waals surface area contributed by atoms with Crippen molar-refractivity contribution in [2.24, 2.45) is 0 Å². The summed E-state index contributed by atoms with van der Waals surface area (Å²) < 4.78 is 27.1. The Hall–Kier alpha value is -1.42. The topological polar surface area (TPSA) is 82.0 Å². The van der Waals surface area contributed by atoms with Crippen molar-refractivity contribution in [1.29, 1.82) is 5.26 Å². The summed E-state index contributed by atoms with van der Waals surface area (Å²) in [6, 6.07) is 6.57. The van der Waals surface area contributed by atoms with Gasteiger partial charge >= 0.3 is 0 Å². The average molecular weight is 265 g/mol.